The van der Waals surface area contributed by atoms with Crippen molar-refractivity contribution in [1.82, 2.24) is 5.32 Å². The molecule has 1 aromatic carbocycles. The summed E-state index contributed by atoms with van der Waals surface area (Å²) in [5.41, 5.74) is 3.63. The molecule has 0 aromatic heterocycles. The highest BCUT2D eigenvalue weighted by Gasteiger charge is 2.45. The Bertz CT molecular complexity index is 574. The molecule has 1 atom stereocenters. The summed E-state index contributed by atoms with van der Waals surface area (Å²) in [6.07, 6.45) is 2.25. The van der Waals surface area contributed by atoms with Crippen LogP contribution in [-0.2, 0) is 16.0 Å². The number of carboxylic acid groups (broad SMARTS) is 1. The van der Waals surface area contributed by atoms with Crippen LogP contribution in [0, 0.1) is 0 Å². The quantitative estimate of drug-likeness (QED) is 0.355. The van der Waals surface area contributed by atoms with E-state index in [9.17, 15) is 24.9 Å². The van der Waals surface area contributed by atoms with Gasteiger partial charge in [-0.05, 0) is 24.1 Å². The number of aliphatic carboxylic acids is 1. The minimum Gasteiger partial charge on any atom is -1.00 e. The number of carbonyl (C=O) groups excluding carboxylic acids is 1. The van der Waals surface area contributed by atoms with E-state index in [-0.39, 0.29) is 36.2 Å². The van der Waals surface area contributed by atoms with E-state index in [0.717, 1.165) is 6.42 Å². The van der Waals surface area contributed by atoms with Crippen LogP contribution in [0.15, 0.2) is 18.2 Å². The van der Waals surface area contributed by atoms with Crippen LogP contribution in [0.25, 0.3) is 0 Å². The minimum atomic E-state index is -1.15. The Labute approximate surface area is 133 Å². The molecule has 22 heavy (non-hydrogen) atoms. The van der Waals surface area contributed by atoms with E-state index in [0.29, 0.717) is 18.4 Å². The zero-order valence-corrected chi connectivity index (χ0v) is 12.6. The molecule has 0 saturated heterocycles. The molecule has 0 aliphatic heterocycles. The number of carboxylic acids is 1. The first-order valence-corrected chi connectivity index (χ1v) is 6.72. The summed E-state index contributed by atoms with van der Waals surface area (Å²) in [5, 5.41) is 30.4. The molecule has 1 amide bonds. The molecule has 0 radical (unpaired) electrons. The van der Waals surface area contributed by atoms with E-state index >= 15 is 0 Å². The lowest BCUT2D eigenvalue weighted by molar-refractivity contribution is -0.477. The summed E-state index contributed by atoms with van der Waals surface area (Å²) in [6.45, 7) is 0. The second-order valence-corrected chi connectivity index (χ2v) is 5.53. The molecule has 2 rings (SSSR count). The molecule has 1 saturated carbocycles. The fourth-order valence-corrected chi connectivity index (χ4v) is 2.27. The summed E-state index contributed by atoms with van der Waals surface area (Å²) in [6, 6.07) is 2.96. The van der Waals surface area contributed by atoms with Crippen LogP contribution in [0.1, 0.15) is 24.8 Å². The van der Waals surface area contributed by atoms with Crippen LogP contribution in [0.3, 0.4) is 0 Å². The van der Waals surface area contributed by atoms with Crippen molar-refractivity contribution in [3.63, 3.8) is 0 Å². The number of phenols is 2. The summed E-state index contributed by atoms with van der Waals surface area (Å²) in [7, 11) is 0. The monoisotopic (exact) mass is 330 g/mol. The van der Waals surface area contributed by atoms with Gasteiger partial charge in [0, 0.05) is 19.3 Å². The molecule has 8 heteroatoms. The first kappa shape index (κ1) is 18.1. The summed E-state index contributed by atoms with van der Waals surface area (Å²) >= 11 is 0. The van der Waals surface area contributed by atoms with Crippen molar-refractivity contribution in [1.29, 1.82) is 0 Å². The normalized spacial score (nSPS) is 16.8. The number of halogens is 1. The summed E-state index contributed by atoms with van der Waals surface area (Å²) in [4.78, 5) is 23.3. The molecule has 7 N–H and O–H groups in total. The maximum absolute atomic E-state index is 12.0. The third kappa shape index (κ3) is 3.80. The Morgan fingerprint density at radius 2 is 1.91 bits per heavy atom. The number of rotatable bonds is 5. The molecule has 0 bridgehead atoms. The van der Waals surface area contributed by atoms with E-state index < -0.39 is 17.6 Å². The van der Waals surface area contributed by atoms with Crippen molar-refractivity contribution in [3.05, 3.63) is 23.8 Å². The fraction of sp³-hybridized carbons (Fsp3) is 0.429. The van der Waals surface area contributed by atoms with Crippen molar-refractivity contribution in [3.8, 4) is 11.5 Å². The third-order valence-electron chi connectivity index (χ3n) is 3.88. The molecule has 1 aliphatic rings. The SMILES string of the molecule is [Cl-].[NH3+]C1(C(=O)N[C@@H](Cc2ccc(O)c(O)c2)C(=O)O)CCC1. The smallest absolute Gasteiger partial charge is 0.326 e. The van der Waals surface area contributed by atoms with Gasteiger partial charge in [-0.3, -0.25) is 4.79 Å². The van der Waals surface area contributed by atoms with Crippen LogP contribution in [0.2, 0.25) is 0 Å². The number of amides is 1. The molecule has 0 unspecified atom stereocenters. The van der Waals surface area contributed by atoms with E-state index in [4.69, 9.17) is 0 Å². The molecular weight excluding hydrogens is 312 g/mol. The molecule has 1 fully saturated rings. The number of aromatic hydroxyl groups is 2. The maximum Gasteiger partial charge on any atom is 0.326 e. The molecule has 1 aliphatic carbocycles. The Hall–Kier alpha value is -1.99. The van der Waals surface area contributed by atoms with Gasteiger partial charge < -0.3 is 38.8 Å². The molecule has 0 spiro atoms. The first-order valence-electron chi connectivity index (χ1n) is 6.72. The van der Waals surface area contributed by atoms with Crippen molar-refractivity contribution in [2.24, 2.45) is 0 Å². The van der Waals surface area contributed by atoms with Crippen LogP contribution >= 0.6 is 0 Å². The lowest BCUT2D eigenvalue weighted by atomic mass is 9.77. The van der Waals surface area contributed by atoms with Gasteiger partial charge in [0.1, 0.15) is 6.04 Å². The fourth-order valence-electron chi connectivity index (χ4n) is 2.27. The highest BCUT2D eigenvalue weighted by Crippen LogP contribution is 2.28. The van der Waals surface area contributed by atoms with Crippen molar-refractivity contribution in [2.45, 2.75) is 37.3 Å². The zero-order valence-electron chi connectivity index (χ0n) is 11.9. The lowest BCUT2D eigenvalue weighted by Crippen LogP contribution is -3.00. The van der Waals surface area contributed by atoms with E-state index in [1.807, 2.05) is 0 Å². The number of benzene rings is 1. The average molecular weight is 331 g/mol. The Morgan fingerprint density at radius 1 is 1.27 bits per heavy atom. The number of phenolic OH excluding ortho intramolecular Hbond substituents is 2. The standard InChI is InChI=1S/C14H18N2O5.ClH/c15-14(4-1-5-14)13(21)16-9(12(19)20)6-8-2-3-10(17)11(18)7-8;/h2-3,7,9,17-18H,1,4-6,15H2,(H,16,21)(H,19,20);1H/t9-;/m0./s1. The predicted molar refractivity (Wildman–Crippen MR) is 72.5 cm³/mol. The molecular formula is C14H19ClN2O5. The van der Waals surface area contributed by atoms with Crippen molar-refractivity contribution >= 4 is 11.9 Å². The Morgan fingerprint density at radius 3 is 2.36 bits per heavy atom. The van der Waals surface area contributed by atoms with E-state index in [2.05, 4.69) is 11.1 Å². The zero-order chi connectivity index (χ0) is 15.6. The Kier molecular flexibility index (Phi) is 5.62. The van der Waals surface area contributed by atoms with Crippen LogP contribution < -0.4 is 23.5 Å². The number of carbonyl (C=O) groups is 2. The number of hydrogen-bond donors (Lipinski definition) is 5. The topological polar surface area (TPSA) is 134 Å². The molecule has 122 valence electrons. The van der Waals surface area contributed by atoms with Gasteiger partial charge >= 0.3 is 5.97 Å². The highest BCUT2D eigenvalue weighted by atomic mass is 35.5. The van der Waals surface area contributed by atoms with Gasteiger partial charge in [0.25, 0.3) is 5.91 Å². The maximum atomic E-state index is 12.0. The van der Waals surface area contributed by atoms with Crippen molar-refractivity contribution in [2.75, 3.05) is 0 Å². The van der Waals surface area contributed by atoms with Gasteiger partial charge in [0.05, 0.1) is 0 Å². The minimum absolute atomic E-state index is 0. The summed E-state index contributed by atoms with van der Waals surface area (Å²) < 4.78 is 0. The average Bonchev–Trinajstić information content (AvgIpc) is 2.39. The molecule has 0 heterocycles. The van der Waals surface area contributed by atoms with Gasteiger partial charge in [-0.1, -0.05) is 6.07 Å². The van der Waals surface area contributed by atoms with Crippen LogP contribution in [0.5, 0.6) is 11.5 Å². The van der Waals surface area contributed by atoms with Gasteiger partial charge in [-0.2, -0.15) is 0 Å². The van der Waals surface area contributed by atoms with Gasteiger partial charge in [0.15, 0.2) is 17.0 Å². The third-order valence-corrected chi connectivity index (χ3v) is 3.88. The number of hydrogen-bond acceptors (Lipinski definition) is 4. The first-order chi connectivity index (χ1) is 9.82. The Balaban J connectivity index is 0.00000242. The summed E-state index contributed by atoms with van der Waals surface area (Å²) in [5.74, 6) is -2.11. The predicted octanol–water partition coefficient (Wildman–Crippen LogP) is -3.62. The second kappa shape index (κ2) is 6.85. The number of nitrogens with one attached hydrogen (secondary N) is 1. The molecule has 7 nitrogen and oxygen atoms in total. The van der Waals surface area contributed by atoms with E-state index in [1.165, 1.54) is 18.2 Å². The van der Waals surface area contributed by atoms with Gasteiger partial charge in [0.2, 0.25) is 0 Å². The second-order valence-electron chi connectivity index (χ2n) is 5.53. The van der Waals surface area contributed by atoms with Crippen LogP contribution in [0.4, 0.5) is 0 Å². The highest BCUT2D eigenvalue weighted by molar-refractivity contribution is 5.89. The van der Waals surface area contributed by atoms with E-state index in [1.54, 1.807) is 0 Å². The van der Waals surface area contributed by atoms with Crippen LogP contribution in [-0.4, -0.2) is 38.8 Å². The van der Waals surface area contributed by atoms with Crippen molar-refractivity contribution < 1.29 is 43.0 Å². The van der Waals surface area contributed by atoms with Gasteiger partial charge in [-0.15, -0.1) is 0 Å². The largest absolute Gasteiger partial charge is 1.00 e. The molecule has 1 aromatic rings. The van der Waals surface area contributed by atoms with Gasteiger partial charge in [-0.25, -0.2) is 4.79 Å². The lowest BCUT2D eigenvalue weighted by Gasteiger charge is -2.33. The number of quaternary nitrogens is 1.